The van der Waals surface area contributed by atoms with Gasteiger partial charge in [-0.2, -0.15) is 0 Å². The standard InChI is InChI=1S/C11H15BO3/c1-2-3-4-5-10-6-8-11(9-7-10)15-12(13)14/h6-9H,2-5H2,1H3/q-2. The fraction of sp³-hybridized carbons (Fsp3) is 0.455. The molecule has 0 saturated heterocycles. The van der Waals surface area contributed by atoms with Gasteiger partial charge in [0.1, 0.15) is 7.32 Å². The minimum absolute atomic E-state index is 0.351. The van der Waals surface area contributed by atoms with Crippen molar-refractivity contribution < 1.29 is 14.7 Å². The highest BCUT2D eigenvalue weighted by atomic mass is 16.6. The van der Waals surface area contributed by atoms with Crippen molar-refractivity contribution in [2.75, 3.05) is 0 Å². The Balaban J connectivity index is 2.42. The van der Waals surface area contributed by atoms with Gasteiger partial charge in [-0.05, 0) is 30.5 Å². The molecule has 0 fully saturated rings. The van der Waals surface area contributed by atoms with E-state index in [1.54, 1.807) is 12.1 Å². The molecule has 0 heterocycles. The number of aryl methyl sites for hydroxylation is 1. The van der Waals surface area contributed by atoms with E-state index >= 15 is 0 Å². The normalized spacial score (nSPS) is 10.1. The molecule has 15 heavy (non-hydrogen) atoms. The van der Waals surface area contributed by atoms with Crippen LogP contribution in [0.3, 0.4) is 0 Å². The molecule has 0 unspecified atom stereocenters. The van der Waals surface area contributed by atoms with Crippen molar-refractivity contribution in [1.82, 2.24) is 0 Å². The Hall–Kier alpha value is -0.995. The van der Waals surface area contributed by atoms with E-state index < -0.39 is 7.32 Å². The zero-order valence-electron chi connectivity index (χ0n) is 8.94. The van der Waals surface area contributed by atoms with Crippen LogP contribution in [-0.4, -0.2) is 7.32 Å². The Morgan fingerprint density at radius 1 is 1.13 bits per heavy atom. The first-order valence-corrected chi connectivity index (χ1v) is 5.29. The van der Waals surface area contributed by atoms with Crippen molar-refractivity contribution >= 4 is 7.32 Å². The molecule has 0 radical (unpaired) electrons. The second-order valence-corrected chi connectivity index (χ2v) is 3.51. The summed E-state index contributed by atoms with van der Waals surface area (Å²) in [6, 6.07) is 7.13. The van der Waals surface area contributed by atoms with E-state index in [0.29, 0.717) is 5.75 Å². The number of hydrogen-bond donors (Lipinski definition) is 0. The maximum atomic E-state index is 10.2. The van der Waals surface area contributed by atoms with Crippen molar-refractivity contribution in [3.05, 3.63) is 29.8 Å². The highest BCUT2D eigenvalue weighted by molar-refractivity contribution is 6.29. The van der Waals surface area contributed by atoms with Gasteiger partial charge in [-0.15, -0.1) is 0 Å². The molecular formula is C11H15BO3-2. The fourth-order valence-corrected chi connectivity index (χ4v) is 1.42. The van der Waals surface area contributed by atoms with Gasteiger partial charge in [-0.25, -0.2) is 0 Å². The first-order chi connectivity index (χ1) is 7.22. The van der Waals surface area contributed by atoms with Crippen LogP contribution in [0.25, 0.3) is 0 Å². The minimum atomic E-state index is -2.24. The summed E-state index contributed by atoms with van der Waals surface area (Å²) in [5, 5.41) is 20.4. The predicted molar refractivity (Wildman–Crippen MR) is 56.1 cm³/mol. The van der Waals surface area contributed by atoms with Crippen LogP contribution in [-0.2, 0) is 6.42 Å². The van der Waals surface area contributed by atoms with E-state index in [0.717, 1.165) is 6.42 Å². The predicted octanol–water partition coefficient (Wildman–Crippen LogP) is 0.504. The van der Waals surface area contributed by atoms with E-state index in [-0.39, 0.29) is 0 Å². The third-order valence-corrected chi connectivity index (χ3v) is 2.22. The van der Waals surface area contributed by atoms with Crippen LogP contribution in [0.4, 0.5) is 0 Å². The molecule has 1 aromatic carbocycles. The SMILES string of the molecule is CCCCCc1ccc(OB([O-])[O-])cc1. The Bertz CT molecular complexity index is 272. The maximum Gasteiger partial charge on any atom is 0.133 e. The lowest BCUT2D eigenvalue weighted by Gasteiger charge is -2.26. The maximum absolute atomic E-state index is 10.2. The molecule has 0 aromatic heterocycles. The van der Waals surface area contributed by atoms with Gasteiger partial charge in [-0.1, -0.05) is 31.9 Å². The van der Waals surface area contributed by atoms with Crippen LogP contribution < -0.4 is 14.7 Å². The van der Waals surface area contributed by atoms with Gasteiger partial charge < -0.3 is 14.7 Å². The first kappa shape index (κ1) is 12.1. The Kier molecular flexibility index (Phi) is 5.22. The third-order valence-electron chi connectivity index (χ3n) is 2.22. The number of unbranched alkanes of at least 4 members (excludes halogenated alkanes) is 2. The van der Waals surface area contributed by atoms with Crippen LogP contribution in [0.15, 0.2) is 24.3 Å². The Morgan fingerprint density at radius 2 is 1.80 bits per heavy atom. The molecule has 82 valence electrons. The zero-order chi connectivity index (χ0) is 11.1. The molecule has 0 spiro atoms. The largest absolute Gasteiger partial charge is 0.860 e. The lowest BCUT2D eigenvalue weighted by Crippen LogP contribution is -2.50. The molecule has 0 aliphatic rings. The summed E-state index contributed by atoms with van der Waals surface area (Å²) in [6.07, 6.45) is 4.63. The van der Waals surface area contributed by atoms with Crippen molar-refractivity contribution in [1.29, 1.82) is 0 Å². The summed E-state index contributed by atoms with van der Waals surface area (Å²) in [7, 11) is -2.24. The van der Waals surface area contributed by atoms with Crippen molar-refractivity contribution in [3.8, 4) is 5.75 Å². The van der Waals surface area contributed by atoms with E-state index in [2.05, 4.69) is 11.6 Å². The highest BCUT2D eigenvalue weighted by Crippen LogP contribution is 2.13. The molecule has 0 bridgehead atoms. The smallest absolute Gasteiger partial charge is 0.133 e. The molecule has 3 nitrogen and oxygen atoms in total. The average molecular weight is 206 g/mol. The zero-order valence-corrected chi connectivity index (χ0v) is 8.94. The molecular weight excluding hydrogens is 191 g/mol. The number of benzene rings is 1. The van der Waals surface area contributed by atoms with Gasteiger partial charge in [0.05, 0.1) is 5.75 Å². The summed E-state index contributed by atoms with van der Waals surface area (Å²) in [6.45, 7) is 2.17. The van der Waals surface area contributed by atoms with Gasteiger partial charge in [0.25, 0.3) is 0 Å². The first-order valence-electron chi connectivity index (χ1n) is 5.29. The lowest BCUT2D eigenvalue weighted by atomic mass is 10.1. The van der Waals surface area contributed by atoms with Crippen LogP contribution in [0.5, 0.6) is 5.75 Å². The molecule has 1 rings (SSSR count). The second-order valence-electron chi connectivity index (χ2n) is 3.51. The van der Waals surface area contributed by atoms with Crippen molar-refractivity contribution in [2.45, 2.75) is 32.6 Å². The van der Waals surface area contributed by atoms with Crippen LogP contribution >= 0.6 is 0 Å². The Morgan fingerprint density at radius 3 is 2.33 bits per heavy atom. The van der Waals surface area contributed by atoms with E-state index in [1.165, 1.54) is 24.8 Å². The monoisotopic (exact) mass is 206 g/mol. The van der Waals surface area contributed by atoms with Crippen molar-refractivity contribution in [3.63, 3.8) is 0 Å². The summed E-state index contributed by atoms with van der Waals surface area (Å²) in [4.78, 5) is 0. The highest BCUT2D eigenvalue weighted by Gasteiger charge is 1.94. The minimum Gasteiger partial charge on any atom is -0.860 e. The molecule has 0 aliphatic heterocycles. The van der Waals surface area contributed by atoms with Gasteiger partial charge in [0, 0.05) is 0 Å². The van der Waals surface area contributed by atoms with Crippen molar-refractivity contribution in [2.24, 2.45) is 0 Å². The third kappa shape index (κ3) is 4.86. The summed E-state index contributed by atoms with van der Waals surface area (Å²) < 4.78 is 4.48. The fourth-order valence-electron chi connectivity index (χ4n) is 1.42. The molecule has 0 aliphatic carbocycles. The molecule has 0 saturated carbocycles. The lowest BCUT2D eigenvalue weighted by molar-refractivity contribution is -0.372. The molecule has 4 heteroatoms. The van der Waals surface area contributed by atoms with Crippen LogP contribution in [0.2, 0.25) is 0 Å². The van der Waals surface area contributed by atoms with E-state index in [4.69, 9.17) is 0 Å². The number of hydrogen-bond acceptors (Lipinski definition) is 3. The number of rotatable bonds is 6. The van der Waals surface area contributed by atoms with E-state index in [1.807, 2.05) is 12.1 Å². The Labute approximate surface area is 90.9 Å². The molecule has 0 atom stereocenters. The topological polar surface area (TPSA) is 55.3 Å². The quantitative estimate of drug-likeness (QED) is 0.503. The summed E-state index contributed by atoms with van der Waals surface area (Å²) >= 11 is 0. The van der Waals surface area contributed by atoms with Gasteiger partial charge in [0.2, 0.25) is 0 Å². The van der Waals surface area contributed by atoms with Gasteiger partial charge >= 0.3 is 0 Å². The second kappa shape index (κ2) is 6.48. The molecule has 0 amide bonds. The van der Waals surface area contributed by atoms with Gasteiger partial charge in [-0.3, -0.25) is 0 Å². The molecule has 0 N–H and O–H groups in total. The molecule has 1 aromatic rings. The van der Waals surface area contributed by atoms with E-state index in [9.17, 15) is 10.0 Å². The van der Waals surface area contributed by atoms with Gasteiger partial charge in [0.15, 0.2) is 0 Å². The van der Waals surface area contributed by atoms with Crippen LogP contribution in [0.1, 0.15) is 31.7 Å². The average Bonchev–Trinajstić information content (AvgIpc) is 2.20. The van der Waals surface area contributed by atoms with Crippen LogP contribution in [0, 0.1) is 0 Å². The summed E-state index contributed by atoms with van der Waals surface area (Å²) in [5.74, 6) is 0.351. The summed E-state index contributed by atoms with van der Waals surface area (Å²) in [5.41, 5.74) is 1.21.